The molecule has 0 aliphatic rings. The van der Waals surface area contributed by atoms with Crippen molar-refractivity contribution in [3.05, 3.63) is 66.8 Å². The summed E-state index contributed by atoms with van der Waals surface area (Å²) in [5.41, 5.74) is -3.72. The van der Waals surface area contributed by atoms with Crippen LogP contribution in [0.3, 0.4) is 0 Å². The Morgan fingerprint density at radius 2 is 1.52 bits per heavy atom. The minimum absolute atomic E-state index is 0.257. The van der Waals surface area contributed by atoms with Gasteiger partial charge in [-0.3, -0.25) is 0 Å². The van der Waals surface area contributed by atoms with E-state index in [-0.39, 0.29) is 12.4 Å². The second kappa shape index (κ2) is 9.90. The summed E-state index contributed by atoms with van der Waals surface area (Å²) in [4.78, 5) is 11.2. The number of hydrogen-bond donors (Lipinski definition) is 0. The topological polar surface area (TPSA) is 69.7 Å². The molecular formula is C19H20F3IO5S. The molecule has 0 saturated carbocycles. The molecule has 0 unspecified atom stereocenters. The molecule has 0 fully saturated rings. The van der Waals surface area contributed by atoms with Gasteiger partial charge in [-0.05, 0) is 0 Å². The van der Waals surface area contributed by atoms with Gasteiger partial charge in [0.2, 0.25) is 0 Å². The molecule has 5 nitrogen and oxygen atoms in total. The normalized spacial score (nSPS) is 12.5. The number of hydrogen-bond acceptors (Lipinski definition) is 5. The molecule has 0 aromatic heterocycles. The Kier molecular flexibility index (Phi) is 8.06. The summed E-state index contributed by atoms with van der Waals surface area (Å²) in [5.74, 6) is -0.319. The second-order valence-electron chi connectivity index (χ2n) is 6.06. The quantitative estimate of drug-likeness (QED) is 0.271. The molecule has 0 atom stereocenters. The number of ether oxygens (including phenoxy) is 1. The standard InChI is InChI=1S/C19H20F3IO5S/c1-14-6-10-16(11-7-14)23(28-29(25,26)19(20,21)22)17-12-8-15(9-13-17)4-3-5-18(24)27-2/h6-13H,3-5H2,1-2H3. The van der Waals surface area contributed by atoms with E-state index in [1.54, 1.807) is 48.5 Å². The van der Waals surface area contributed by atoms with Crippen molar-refractivity contribution in [3.8, 4) is 0 Å². The molecule has 29 heavy (non-hydrogen) atoms. The van der Waals surface area contributed by atoms with Gasteiger partial charge in [-0.25, -0.2) is 0 Å². The molecule has 160 valence electrons. The molecule has 0 spiro atoms. The number of halogens is 4. The minimum atomic E-state index is -5.72. The van der Waals surface area contributed by atoms with E-state index in [2.05, 4.69) is 4.74 Å². The van der Waals surface area contributed by atoms with Crippen LogP contribution in [0.2, 0.25) is 0 Å². The molecule has 0 amide bonds. The van der Waals surface area contributed by atoms with Gasteiger partial charge < -0.3 is 0 Å². The van der Waals surface area contributed by atoms with Gasteiger partial charge in [0.1, 0.15) is 0 Å². The van der Waals surface area contributed by atoms with Crippen LogP contribution >= 0.6 is 20.2 Å². The van der Waals surface area contributed by atoms with Crippen molar-refractivity contribution in [2.24, 2.45) is 0 Å². The zero-order chi connectivity index (χ0) is 21.7. The van der Waals surface area contributed by atoms with Crippen molar-refractivity contribution < 1.29 is 33.6 Å². The van der Waals surface area contributed by atoms with Gasteiger partial charge in [0.25, 0.3) is 0 Å². The average molecular weight is 544 g/mol. The maximum absolute atomic E-state index is 12.9. The first kappa shape index (κ1) is 23.6. The van der Waals surface area contributed by atoms with Crippen LogP contribution in [0.5, 0.6) is 0 Å². The summed E-state index contributed by atoms with van der Waals surface area (Å²) in [7, 11) is -4.41. The summed E-state index contributed by atoms with van der Waals surface area (Å²) in [6.45, 7) is 1.82. The molecule has 0 aliphatic heterocycles. The van der Waals surface area contributed by atoms with Crippen LogP contribution in [0.15, 0.2) is 48.5 Å². The van der Waals surface area contributed by atoms with Crippen molar-refractivity contribution in [3.63, 3.8) is 0 Å². The summed E-state index contributed by atoms with van der Waals surface area (Å²) in [6.07, 6.45) is 1.40. The van der Waals surface area contributed by atoms with E-state index in [0.717, 1.165) is 11.1 Å². The van der Waals surface area contributed by atoms with E-state index in [1.165, 1.54) is 7.11 Å². The molecule has 0 bridgehead atoms. The Hall–Kier alpha value is -1.66. The van der Waals surface area contributed by atoms with Crippen LogP contribution < -0.4 is 0 Å². The van der Waals surface area contributed by atoms with Crippen LogP contribution in [0, 0.1) is 14.1 Å². The van der Waals surface area contributed by atoms with Crippen molar-refractivity contribution in [1.29, 1.82) is 0 Å². The van der Waals surface area contributed by atoms with E-state index in [9.17, 15) is 26.4 Å². The van der Waals surface area contributed by atoms with Gasteiger partial charge in [-0.1, -0.05) is 0 Å². The van der Waals surface area contributed by atoms with Gasteiger partial charge in [-0.2, -0.15) is 0 Å². The van der Waals surface area contributed by atoms with E-state index in [1.807, 2.05) is 6.92 Å². The van der Waals surface area contributed by atoms with Crippen molar-refractivity contribution in [2.75, 3.05) is 7.11 Å². The Morgan fingerprint density at radius 3 is 2.00 bits per heavy atom. The Labute approximate surface area is 175 Å². The number of aryl methyl sites for hydroxylation is 2. The molecule has 2 rings (SSSR count). The zero-order valence-corrected chi connectivity index (χ0v) is 18.7. The van der Waals surface area contributed by atoms with Crippen LogP contribution in [0.1, 0.15) is 24.0 Å². The SMILES string of the molecule is COC(=O)CCCc1ccc(I(OS(=O)(=O)C(F)(F)F)c2ccc(C)cc2)cc1. The molecule has 0 saturated heterocycles. The number of alkyl halides is 3. The second-order valence-corrected chi connectivity index (χ2v) is 12.6. The molecule has 10 heteroatoms. The molecule has 0 aliphatic carbocycles. The van der Waals surface area contributed by atoms with Crippen LogP contribution in [0.25, 0.3) is 0 Å². The van der Waals surface area contributed by atoms with Gasteiger partial charge in [0.15, 0.2) is 0 Å². The van der Waals surface area contributed by atoms with Gasteiger partial charge in [-0.15, -0.1) is 0 Å². The van der Waals surface area contributed by atoms with E-state index in [4.69, 9.17) is 2.51 Å². The maximum atomic E-state index is 12.9. The number of methoxy groups -OCH3 is 1. The van der Waals surface area contributed by atoms with Crippen LogP contribution in [0.4, 0.5) is 13.2 Å². The number of esters is 1. The summed E-state index contributed by atoms with van der Waals surface area (Å²) in [6, 6.07) is 13.2. The third-order valence-corrected chi connectivity index (χ3v) is 10.9. The fourth-order valence-corrected chi connectivity index (χ4v) is 8.67. The Bertz CT molecular complexity index is 926. The zero-order valence-electron chi connectivity index (χ0n) is 15.7. The van der Waals surface area contributed by atoms with Gasteiger partial charge in [0, 0.05) is 0 Å². The first-order valence-corrected chi connectivity index (χ1v) is 12.9. The Morgan fingerprint density at radius 1 is 1.00 bits per heavy atom. The molecular weight excluding hydrogens is 524 g/mol. The fourth-order valence-electron chi connectivity index (χ4n) is 2.27. The summed E-state index contributed by atoms with van der Waals surface area (Å²) < 4.78 is 72.0. The number of rotatable bonds is 8. The van der Waals surface area contributed by atoms with Gasteiger partial charge >= 0.3 is 176 Å². The van der Waals surface area contributed by atoms with E-state index in [0.29, 0.717) is 20.0 Å². The predicted molar refractivity (Wildman–Crippen MR) is 110 cm³/mol. The average Bonchev–Trinajstić information content (AvgIpc) is 2.66. The molecule has 0 radical (unpaired) electrons. The summed E-state index contributed by atoms with van der Waals surface area (Å²) in [5, 5.41) is 0. The Balaban J connectivity index is 2.27. The molecule has 0 N–H and O–H groups in total. The van der Waals surface area contributed by atoms with Gasteiger partial charge in [0.05, 0.1) is 0 Å². The molecule has 2 aromatic carbocycles. The number of carbonyl (C=O) groups excluding carboxylic acids is 1. The third-order valence-electron chi connectivity index (χ3n) is 3.82. The summed E-state index contributed by atoms with van der Waals surface area (Å²) >= 11 is -3.37. The van der Waals surface area contributed by atoms with E-state index >= 15 is 0 Å². The fraction of sp³-hybridized carbons (Fsp3) is 0.316. The number of carbonyl (C=O) groups is 1. The van der Waals surface area contributed by atoms with Crippen molar-refractivity contribution in [1.82, 2.24) is 0 Å². The number of benzene rings is 2. The van der Waals surface area contributed by atoms with Crippen LogP contribution in [-0.4, -0.2) is 27.0 Å². The third kappa shape index (κ3) is 6.68. The van der Waals surface area contributed by atoms with Crippen molar-refractivity contribution in [2.45, 2.75) is 31.7 Å². The molecule has 0 heterocycles. The monoisotopic (exact) mass is 544 g/mol. The predicted octanol–water partition coefficient (Wildman–Crippen LogP) is 4.82. The first-order valence-electron chi connectivity index (χ1n) is 8.47. The van der Waals surface area contributed by atoms with Crippen LogP contribution in [-0.2, 0) is 28.6 Å². The first-order chi connectivity index (χ1) is 13.5. The molecule has 2 aromatic rings. The van der Waals surface area contributed by atoms with E-state index < -0.39 is 35.9 Å². The van der Waals surface area contributed by atoms with Crippen molar-refractivity contribution >= 4 is 36.3 Å².